The molecule has 2 aliphatic heterocycles. The molecule has 0 aliphatic carbocycles. The van der Waals surface area contributed by atoms with Crippen LogP contribution in [0.25, 0.3) is 0 Å². The topological polar surface area (TPSA) is 82.1 Å². The maximum atomic E-state index is 13.5. The third-order valence-electron chi connectivity index (χ3n) is 6.05. The van der Waals surface area contributed by atoms with Gasteiger partial charge in [0.1, 0.15) is 0 Å². The molecule has 0 bridgehead atoms. The normalized spacial score (nSPS) is 17.4. The smallest absolute Gasteiger partial charge is 0.335 e. The lowest BCUT2D eigenvalue weighted by molar-refractivity contribution is 0.0548. The molecule has 2 saturated heterocycles. The zero-order valence-electron chi connectivity index (χ0n) is 17.6. The maximum Gasteiger partial charge on any atom is 0.335 e. The van der Waals surface area contributed by atoms with E-state index in [0.29, 0.717) is 38.8 Å². The fourth-order valence-electron chi connectivity index (χ4n) is 4.23. The number of morpholine rings is 1. The number of nitrogens with zero attached hydrogens (tertiary/aromatic N) is 2. The lowest BCUT2D eigenvalue weighted by Crippen LogP contribution is -2.48. The van der Waals surface area contributed by atoms with Crippen LogP contribution < -0.4 is 10.2 Å². The third kappa shape index (κ3) is 5.24. The highest BCUT2D eigenvalue weighted by Crippen LogP contribution is 2.29. The van der Waals surface area contributed by atoms with Gasteiger partial charge in [0.25, 0.3) is 0 Å². The van der Waals surface area contributed by atoms with Gasteiger partial charge in [0.15, 0.2) is 0 Å². The molecule has 0 radical (unpaired) electrons. The number of aromatic carboxylic acids is 1. The summed E-state index contributed by atoms with van der Waals surface area (Å²) >= 11 is 0. The number of carboxylic acid groups (broad SMARTS) is 1. The van der Waals surface area contributed by atoms with E-state index >= 15 is 0 Å². The second-order valence-corrected chi connectivity index (χ2v) is 8.09. The van der Waals surface area contributed by atoms with Gasteiger partial charge in [0.2, 0.25) is 0 Å². The number of nitrogens with one attached hydrogen (secondary N) is 1. The summed E-state index contributed by atoms with van der Waals surface area (Å²) in [6.07, 6.45) is 2.19. The third-order valence-corrected chi connectivity index (χ3v) is 6.05. The summed E-state index contributed by atoms with van der Waals surface area (Å²) in [5, 5.41) is 12.6. The van der Waals surface area contributed by atoms with Crippen molar-refractivity contribution in [3.8, 4) is 0 Å². The highest BCUT2D eigenvalue weighted by molar-refractivity contribution is 5.92. The molecule has 2 aromatic rings. The number of carboxylic acids is 1. The molecule has 2 aromatic carbocycles. The molecule has 31 heavy (non-hydrogen) atoms. The molecule has 4 rings (SSSR count). The molecule has 2 amide bonds. The highest BCUT2D eigenvalue weighted by atomic mass is 16.5. The van der Waals surface area contributed by atoms with E-state index in [9.17, 15) is 9.59 Å². The number of piperidine rings is 1. The number of amides is 2. The average Bonchev–Trinajstić information content (AvgIpc) is 2.83. The molecule has 0 unspecified atom stereocenters. The number of hydrogen-bond acceptors (Lipinski definition) is 4. The Balaban J connectivity index is 1.61. The number of anilines is 1. The van der Waals surface area contributed by atoms with Gasteiger partial charge in [-0.15, -0.1) is 0 Å². The largest absolute Gasteiger partial charge is 0.478 e. The van der Waals surface area contributed by atoms with E-state index in [4.69, 9.17) is 9.84 Å². The van der Waals surface area contributed by atoms with Crippen LogP contribution in [-0.2, 0) is 11.3 Å². The van der Waals surface area contributed by atoms with Gasteiger partial charge >= 0.3 is 12.0 Å². The summed E-state index contributed by atoms with van der Waals surface area (Å²) in [7, 11) is 0. The van der Waals surface area contributed by atoms with Crippen molar-refractivity contribution in [2.45, 2.75) is 25.3 Å². The minimum absolute atomic E-state index is 0.0481. The van der Waals surface area contributed by atoms with Crippen LogP contribution in [-0.4, -0.2) is 61.4 Å². The van der Waals surface area contributed by atoms with Crippen molar-refractivity contribution < 1.29 is 19.4 Å². The van der Waals surface area contributed by atoms with Crippen LogP contribution in [0.2, 0.25) is 0 Å². The van der Waals surface area contributed by atoms with E-state index in [1.165, 1.54) is 5.56 Å². The molecule has 2 aliphatic rings. The first-order chi connectivity index (χ1) is 15.1. The van der Waals surface area contributed by atoms with E-state index in [1.807, 2.05) is 17.0 Å². The van der Waals surface area contributed by atoms with E-state index in [-0.39, 0.29) is 11.6 Å². The summed E-state index contributed by atoms with van der Waals surface area (Å²) in [5.74, 6) is -0.459. The maximum absolute atomic E-state index is 13.5. The van der Waals surface area contributed by atoms with Gasteiger partial charge in [-0.2, -0.15) is 0 Å². The van der Waals surface area contributed by atoms with Crippen molar-refractivity contribution in [2.24, 2.45) is 0 Å². The first-order valence-corrected chi connectivity index (χ1v) is 10.9. The Morgan fingerprint density at radius 3 is 2.45 bits per heavy atom. The van der Waals surface area contributed by atoms with Crippen molar-refractivity contribution in [2.75, 3.05) is 44.3 Å². The summed E-state index contributed by atoms with van der Waals surface area (Å²) in [4.78, 5) is 28.3. The van der Waals surface area contributed by atoms with Crippen LogP contribution in [0.5, 0.6) is 0 Å². The minimum Gasteiger partial charge on any atom is -0.478 e. The molecule has 7 nitrogen and oxygen atoms in total. The first-order valence-electron chi connectivity index (χ1n) is 10.9. The van der Waals surface area contributed by atoms with Gasteiger partial charge in [0.05, 0.1) is 25.3 Å². The van der Waals surface area contributed by atoms with Crippen LogP contribution in [0.15, 0.2) is 48.5 Å². The number of carbonyl (C=O) groups excluding carboxylic acids is 1. The Kier molecular flexibility index (Phi) is 6.84. The summed E-state index contributed by atoms with van der Waals surface area (Å²) in [6, 6.07) is 15.0. The zero-order valence-corrected chi connectivity index (χ0v) is 17.6. The molecule has 2 fully saturated rings. The van der Waals surface area contributed by atoms with Crippen LogP contribution in [0.1, 0.15) is 40.2 Å². The molecular weight excluding hydrogens is 394 g/mol. The SMILES string of the molecule is O=C(O)c1ccc(CN(C(=O)N2CCOCC2)c2cccc(C3CCNCC3)c2)cc1. The molecule has 0 atom stereocenters. The Bertz CT molecular complexity index is 903. The lowest BCUT2D eigenvalue weighted by Gasteiger charge is -2.33. The Labute approximate surface area is 182 Å². The Morgan fingerprint density at radius 1 is 1.06 bits per heavy atom. The second-order valence-electron chi connectivity index (χ2n) is 8.09. The van der Waals surface area contributed by atoms with Gasteiger partial charge in [-0.3, -0.25) is 4.90 Å². The van der Waals surface area contributed by atoms with Gasteiger partial charge in [-0.05, 0) is 67.2 Å². The molecule has 0 aromatic heterocycles. The summed E-state index contributed by atoms with van der Waals surface area (Å²) in [6.45, 7) is 4.64. The van der Waals surface area contributed by atoms with Crippen molar-refractivity contribution in [1.82, 2.24) is 10.2 Å². The summed E-state index contributed by atoms with van der Waals surface area (Å²) < 4.78 is 5.41. The van der Waals surface area contributed by atoms with Crippen molar-refractivity contribution >= 4 is 17.7 Å². The van der Waals surface area contributed by atoms with Crippen LogP contribution >= 0.6 is 0 Å². The Hall–Kier alpha value is -2.90. The number of carbonyl (C=O) groups is 2. The molecule has 164 valence electrons. The van der Waals surface area contributed by atoms with Crippen LogP contribution in [0.3, 0.4) is 0 Å². The molecule has 2 N–H and O–H groups in total. The van der Waals surface area contributed by atoms with Crippen molar-refractivity contribution in [1.29, 1.82) is 0 Å². The quantitative estimate of drug-likeness (QED) is 0.771. The fourth-order valence-corrected chi connectivity index (χ4v) is 4.23. The zero-order chi connectivity index (χ0) is 21.6. The van der Waals surface area contributed by atoms with Gasteiger partial charge < -0.3 is 20.1 Å². The number of hydrogen-bond donors (Lipinski definition) is 2. The standard InChI is InChI=1S/C24H29N3O4/c28-23(29)20-6-4-18(5-7-20)17-27(24(30)26-12-14-31-15-13-26)22-3-1-2-21(16-22)19-8-10-25-11-9-19/h1-7,16,19,25H,8-15,17H2,(H,28,29). The van der Waals surface area contributed by atoms with E-state index in [1.54, 1.807) is 29.2 Å². The van der Waals surface area contributed by atoms with Gasteiger partial charge in [-0.25, -0.2) is 9.59 Å². The van der Waals surface area contributed by atoms with E-state index < -0.39 is 5.97 Å². The molecular formula is C24H29N3O4. The average molecular weight is 424 g/mol. The predicted molar refractivity (Wildman–Crippen MR) is 119 cm³/mol. The Morgan fingerprint density at radius 2 is 1.77 bits per heavy atom. The first kappa shape index (κ1) is 21.3. The van der Waals surface area contributed by atoms with Crippen LogP contribution in [0, 0.1) is 0 Å². The molecule has 0 saturated carbocycles. The monoisotopic (exact) mass is 423 g/mol. The summed E-state index contributed by atoms with van der Waals surface area (Å²) in [5.41, 5.74) is 3.26. The van der Waals surface area contributed by atoms with E-state index in [2.05, 4.69) is 17.4 Å². The highest BCUT2D eigenvalue weighted by Gasteiger charge is 2.25. The van der Waals surface area contributed by atoms with E-state index in [0.717, 1.165) is 37.2 Å². The van der Waals surface area contributed by atoms with Crippen molar-refractivity contribution in [3.05, 3.63) is 65.2 Å². The minimum atomic E-state index is -0.956. The number of benzene rings is 2. The van der Waals surface area contributed by atoms with Gasteiger partial charge in [-0.1, -0.05) is 24.3 Å². The molecule has 2 heterocycles. The fraction of sp³-hybridized carbons (Fsp3) is 0.417. The molecule has 7 heteroatoms. The van der Waals surface area contributed by atoms with Crippen LogP contribution in [0.4, 0.5) is 10.5 Å². The number of ether oxygens (including phenoxy) is 1. The van der Waals surface area contributed by atoms with Crippen molar-refractivity contribution in [3.63, 3.8) is 0 Å². The number of urea groups is 1. The van der Waals surface area contributed by atoms with Gasteiger partial charge in [0, 0.05) is 18.8 Å². The second kappa shape index (κ2) is 9.94. The number of rotatable bonds is 5. The predicted octanol–water partition coefficient (Wildman–Crippen LogP) is 3.31. The lowest BCUT2D eigenvalue weighted by atomic mass is 9.90. The molecule has 0 spiro atoms.